The molecule has 6 heteroatoms. The number of fused-ring (bicyclic) bond motifs is 1. The molecule has 0 aliphatic rings. The highest BCUT2D eigenvalue weighted by atomic mass is 15.4. The van der Waals surface area contributed by atoms with Crippen molar-refractivity contribution in [2.24, 2.45) is 5.73 Å². The first-order chi connectivity index (χ1) is 8.35. The van der Waals surface area contributed by atoms with Gasteiger partial charge in [0.25, 0.3) is 0 Å². The van der Waals surface area contributed by atoms with E-state index in [1.807, 2.05) is 41.2 Å². The van der Waals surface area contributed by atoms with E-state index in [1.165, 1.54) is 0 Å². The van der Waals surface area contributed by atoms with Crippen LogP contribution in [-0.2, 0) is 13.1 Å². The Labute approximate surface area is 97.7 Å². The van der Waals surface area contributed by atoms with Gasteiger partial charge < -0.3 is 10.1 Å². The lowest BCUT2D eigenvalue weighted by Crippen LogP contribution is -2.00. The van der Waals surface area contributed by atoms with Crippen LogP contribution in [0, 0.1) is 0 Å². The maximum atomic E-state index is 5.48. The van der Waals surface area contributed by atoms with Crippen molar-refractivity contribution >= 4 is 5.65 Å². The second-order valence-corrected chi connectivity index (χ2v) is 3.81. The molecule has 0 saturated carbocycles. The zero-order valence-electron chi connectivity index (χ0n) is 9.19. The quantitative estimate of drug-likeness (QED) is 0.705. The van der Waals surface area contributed by atoms with Gasteiger partial charge in [0.1, 0.15) is 5.65 Å². The van der Waals surface area contributed by atoms with Crippen LogP contribution < -0.4 is 5.73 Å². The van der Waals surface area contributed by atoms with Gasteiger partial charge in [-0.3, -0.25) is 0 Å². The van der Waals surface area contributed by atoms with Crippen LogP contribution in [0.3, 0.4) is 0 Å². The molecule has 86 valence electrons. The number of nitrogens with two attached hydrogens (primary N) is 1. The van der Waals surface area contributed by atoms with Crippen LogP contribution in [0.2, 0.25) is 0 Å². The van der Waals surface area contributed by atoms with Crippen LogP contribution >= 0.6 is 0 Å². The summed E-state index contributed by atoms with van der Waals surface area (Å²) in [5.74, 6) is 0. The lowest BCUT2D eigenvalue weighted by molar-refractivity contribution is 0.640. The molecule has 0 spiro atoms. The molecule has 0 saturated heterocycles. The second kappa shape index (κ2) is 3.99. The minimum Gasteiger partial charge on any atom is -0.325 e. The first-order valence-corrected chi connectivity index (χ1v) is 5.37. The minimum atomic E-state index is 0.408. The third-order valence-electron chi connectivity index (χ3n) is 2.53. The molecule has 0 amide bonds. The fraction of sp³-hybridized carbons (Fsp3) is 0.182. The molecule has 0 unspecified atom stereocenters. The van der Waals surface area contributed by atoms with Crippen molar-refractivity contribution in [3.8, 4) is 0 Å². The molecule has 17 heavy (non-hydrogen) atoms. The molecule has 3 rings (SSSR count). The monoisotopic (exact) mass is 228 g/mol. The van der Waals surface area contributed by atoms with Crippen molar-refractivity contribution in [3.63, 3.8) is 0 Å². The Morgan fingerprint density at radius 3 is 2.88 bits per heavy atom. The van der Waals surface area contributed by atoms with Crippen molar-refractivity contribution in [2.75, 3.05) is 0 Å². The number of hydrogen-bond acceptors (Lipinski definition) is 4. The Morgan fingerprint density at radius 1 is 1.18 bits per heavy atom. The van der Waals surface area contributed by atoms with Gasteiger partial charge in [-0.05, 0) is 12.1 Å². The van der Waals surface area contributed by atoms with Crippen LogP contribution in [-0.4, -0.2) is 24.4 Å². The first kappa shape index (κ1) is 9.98. The highest BCUT2D eigenvalue weighted by Crippen LogP contribution is 2.05. The number of pyridine rings is 1. The molecule has 6 nitrogen and oxygen atoms in total. The summed E-state index contributed by atoms with van der Waals surface area (Å²) in [6.45, 7) is 1.01. The standard InChI is InChI=1S/C11H12N6/c12-5-9-7-17(15-14-9)8-10-6-16-4-2-1-3-11(16)13-10/h1-4,6-7H,5,8,12H2. The van der Waals surface area contributed by atoms with Gasteiger partial charge in [-0.1, -0.05) is 11.3 Å². The van der Waals surface area contributed by atoms with Gasteiger partial charge in [-0.15, -0.1) is 5.10 Å². The van der Waals surface area contributed by atoms with Crippen molar-refractivity contribution in [3.05, 3.63) is 48.2 Å². The topological polar surface area (TPSA) is 74.0 Å². The summed E-state index contributed by atoms with van der Waals surface area (Å²) < 4.78 is 3.72. The summed E-state index contributed by atoms with van der Waals surface area (Å²) >= 11 is 0. The normalized spacial score (nSPS) is 11.1. The molecular formula is C11H12N6. The van der Waals surface area contributed by atoms with Crippen LogP contribution in [0.15, 0.2) is 36.8 Å². The number of rotatable bonds is 3. The summed E-state index contributed by atoms with van der Waals surface area (Å²) in [7, 11) is 0. The van der Waals surface area contributed by atoms with E-state index in [4.69, 9.17) is 5.73 Å². The Balaban J connectivity index is 1.89. The Hall–Kier alpha value is -2.21. The maximum Gasteiger partial charge on any atom is 0.137 e. The molecule has 0 aromatic carbocycles. The largest absolute Gasteiger partial charge is 0.325 e. The molecule has 0 radical (unpaired) electrons. The smallest absolute Gasteiger partial charge is 0.137 e. The van der Waals surface area contributed by atoms with E-state index < -0.39 is 0 Å². The van der Waals surface area contributed by atoms with Crippen molar-refractivity contribution in [1.29, 1.82) is 0 Å². The first-order valence-electron chi connectivity index (χ1n) is 5.37. The molecule has 3 aromatic heterocycles. The molecule has 3 heterocycles. The number of aromatic nitrogens is 5. The van der Waals surface area contributed by atoms with E-state index in [2.05, 4.69) is 15.3 Å². The summed E-state index contributed by atoms with van der Waals surface area (Å²) in [6.07, 6.45) is 5.79. The molecular weight excluding hydrogens is 216 g/mol. The highest BCUT2D eigenvalue weighted by Gasteiger charge is 2.03. The van der Waals surface area contributed by atoms with Crippen molar-refractivity contribution in [1.82, 2.24) is 24.4 Å². The van der Waals surface area contributed by atoms with Gasteiger partial charge in [0.05, 0.1) is 24.1 Å². The average Bonchev–Trinajstić information content (AvgIpc) is 2.94. The zero-order chi connectivity index (χ0) is 11.7. The molecule has 0 aliphatic carbocycles. The average molecular weight is 228 g/mol. The third-order valence-corrected chi connectivity index (χ3v) is 2.53. The highest BCUT2D eigenvalue weighted by molar-refractivity contribution is 5.39. The van der Waals surface area contributed by atoms with E-state index in [-0.39, 0.29) is 0 Å². The van der Waals surface area contributed by atoms with Crippen LogP contribution in [0.1, 0.15) is 11.4 Å². The molecule has 0 atom stereocenters. The summed E-state index contributed by atoms with van der Waals surface area (Å²) in [5, 5.41) is 7.93. The fourth-order valence-electron chi connectivity index (χ4n) is 1.74. The van der Waals surface area contributed by atoms with Gasteiger partial charge >= 0.3 is 0 Å². The number of nitrogens with zero attached hydrogens (tertiary/aromatic N) is 5. The van der Waals surface area contributed by atoms with E-state index in [1.54, 1.807) is 4.68 Å². The van der Waals surface area contributed by atoms with Crippen LogP contribution in [0.5, 0.6) is 0 Å². The van der Waals surface area contributed by atoms with Crippen LogP contribution in [0.25, 0.3) is 5.65 Å². The molecule has 2 N–H and O–H groups in total. The lowest BCUT2D eigenvalue weighted by atomic mass is 10.4. The third kappa shape index (κ3) is 1.90. The molecule has 3 aromatic rings. The maximum absolute atomic E-state index is 5.48. The SMILES string of the molecule is NCc1cn(Cc2cn3ccccc3n2)nn1. The van der Waals surface area contributed by atoms with E-state index in [0.29, 0.717) is 13.1 Å². The van der Waals surface area contributed by atoms with Gasteiger partial charge in [-0.25, -0.2) is 9.67 Å². The summed E-state index contributed by atoms with van der Waals surface area (Å²) in [6, 6.07) is 5.91. The Bertz CT molecular complexity index is 605. The molecule has 0 aliphatic heterocycles. The van der Waals surface area contributed by atoms with E-state index >= 15 is 0 Å². The van der Waals surface area contributed by atoms with Gasteiger partial charge in [0, 0.05) is 18.9 Å². The van der Waals surface area contributed by atoms with Crippen molar-refractivity contribution in [2.45, 2.75) is 13.1 Å². The molecule has 0 fully saturated rings. The predicted molar refractivity (Wildman–Crippen MR) is 62.2 cm³/mol. The lowest BCUT2D eigenvalue weighted by Gasteiger charge is -1.93. The van der Waals surface area contributed by atoms with Gasteiger partial charge in [0.2, 0.25) is 0 Å². The van der Waals surface area contributed by atoms with E-state index in [9.17, 15) is 0 Å². The second-order valence-electron chi connectivity index (χ2n) is 3.81. The van der Waals surface area contributed by atoms with E-state index in [0.717, 1.165) is 17.0 Å². The zero-order valence-corrected chi connectivity index (χ0v) is 9.19. The van der Waals surface area contributed by atoms with Crippen LogP contribution in [0.4, 0.5) is 0 Å². The number of imidazole rings is 1. The summed E-state index contributed by atoms with van der Waals surface area (Å²) in [4.78, 5) is 4.49. The Morgan fingerprint density at radius 2 is 2.12 bits per heavy atom. The van der Waals surface area contributed by atoms with Gasteiger partial charge in [0.15, 0.2) is 0 Å². The van der Waals surface area contributed by atoms with Gasteiger partial charge in [-0.2, -0.15) is 0 Å². The summed E-state index contributed by atoms with van der Waals surface area (Å²) in [5.41, 5.74) is 8.15. The molecule has 0 bridgehead atoms. The number of hydrogen-bond donors (Lipinski definition) is 1. The minimum absolute atomic E-state index is 0.408. The predicted octanol–water partition coefficient (Wildman–Crippen LogP) is 0.433. The Kier molecular flexibility index (Phi) is 2.34. The fourth-order valence-corrected chi connectivity index (χ4v) is 1.74. The van der Waals surface area contributed by atoms with Crippen molar-refractivity contribution < 1.29 is 0 Å².